The van der Waals surface area contributed by atoms with E-state index in [2.05, 4.69) is 0 Å². The van der Waals surface area contributed by atoms with Gasteiger partial charge in [-0.25, -0.2) is 5.01 Å². The number of non-ortho nitro benzene ring substituents is 1. The molecule has 0 fully saturated rings. The molecule has 0 amide bonds. The largest absolute Gasteiger partial charge is 0.464 e. The van der Waals surface area contributed by atoms with E-state index in [9.17, 15) is 10.1 Å². The average Bonchev–Trinajstić information content (AvgIpc) is 3.19. The van der Waals surface area contributed by atoms with Crippen molar-refractivity contribution in [2.75, 3.05) is 0 Å². The fourth-order valence-electron chi connectivity index (χ4n) is 3.87. The van der Waals surface area contributed by atoms with Crippen LogP contribution in [0, 0.1) is 10.1 Å². The van der Waals surface area contributed by atoms with Crippen LogP contribution in [0.5, 0.6) is 5.75 Å². The summed E-state index contributed by atoms with van der Waals surface area (Å²) in [7, 11) is 0. The highest BCUT2D eigenvalue weighted by atomic mass is 35.5. The summed E-state index contributed by atoms with van der Waals surface area (Å²) in [6.07, 6.45) is 0.173. The zero-order chi connectivity index (χ0) is 20.0. The first kappa shape index (κ1) is 17.7. The van der Waals surface area contributed by atoms with Gasteiger partial charge in [0.15, 0.2) is 0 Å². The minimum absolute atomic E-state index is 0.0432. The van der Waals surface area contributed by atoms with E-state index < -0.39 is 6.23 Å². The summed E-state index contributed by atoms with van der Waals surface area (Å²) in [6.45, 7) is 0. The van der Waals surface area contributed by atoms with E-state index >= 15 is 0 Å². The van der Waals surface area contributed by atoms with E-state index in [-0.39, 0.29) is 16.7 Å². The number of fused-ring (bicyclic) bond motifs is 3. The van der Waals surface area contributed by atoms with Gasteiger partial charge in [-0.1, -0.05) is 54.1 Å². The molecule has 2 aliphatic rings. The van der Waals surface area contributed by atoms with Gasteiger partial charge in [0.25, 0.3) is 5.69 Å². The van der Waals surface area contributed by atoms with E-state index in [0.29, 0.717) is 17.2 Å². The maximum Gasteiger partial charge on any atom is 0.270 e. The Morgan fingerprint density at radius 3 is 2.66 bits per heavy atom. The SMILES string of the molecule is O=[N+]([O-])c1ccc2c(c1)[C@H]1CC(c3ccccc3)=NN1[C@@H](c1cccc(Cl)c1)O2. The summed E-state index contributed by atoms with van der Waals surface area (Å²) in [5.74, 6) is 0.631. The first-order valence-corrected chi connectivity index (χ1v) is 9.59. The van der Waals surface area contributed by atoms with Gasteiger partial charge in [-0.3, -0.25) is 10.1 Å². The molecule has 0 N–H and O–H groups in total. The maximum atomic E-state index is 11.3. The summed E-state index contributed by atoms with van der Waals surface area (Å²) >= 11 is 6.20. The van der Waals surface area contributed by atoms with Gasteiger partial charge in [0.05, 0.1) is 16.7 Å². The van der Waals surface area contributed by atoms with E-state index in [1.54, 1.807) is 12.1 Å². The Hall–Kier alpha value is -3.38. The van der Waals surface area contributed by atoms with E-state index in [4.69, 9.17) is 21.4 Å². The highest BCUT2D eigenvalue weighted by molar-refractivity contribution is 6.30. The minimum atomic E-state index is -0.464. The predicted octanol–water partition coefficient (Wildman–Crippen LogP) is 5.49. The van der Waals surface area contributed by atoms with Gasteiger partial charge in [0.2, 0.25) is 6.23 Å². The van der Waals surface area contributed by atoms with Crippen LogP contribution in [0.25, 0.3) is 0 Å². The van der Waals surface area contributed by atoms with Gasteiger partial charge in [-0.15, -0.1) is 0 Å². The van der Waals surface area contributed by atoms with Crippen molar-refractivity contribution in [3.8, 4) is 5.75 Å². The Labute approximate surface area is 172 Å². The Kier molecular flexibility index (Phi) is 4.21. The second kappa shape index (κ2) is 6.90. The molecule has 3 aromatic carbocycles. The molecule has 0 unspecified atom stereocenters. The zero-order valence-corrected chi connectivity index (χ0v) is 16.0. The molecule has 0 aliphatic carbocycles. The Balaban J connectivity index is 1.62. The fourth-order valence-corrected chi connectivity index (χ4v) is 4.07. The van der Waals surface area contributed by atoms with Crippen LogP contribution >= 0.6 is 11.6 Å². The Morgan fingerprint density at radius 2 is 1.90 bits per heavy atom. The quantitative estimate of drug-likeness (QED) is 0.426. The van der Waals surface area contributed by atoms with E-state index in [1.807, 2.05) is 59.6 Å². The van der Waals surface area contributed by atoms with Crippen LogP contribution < -0.4 is 4.74 Å². The monoisotopic (exact) mass is 405 g/mol. The lowest BCUT2D eigenvalue weighted by molar-refractivity contribution is -0.385. The molecule has 0 radical (unpaired) electrons. The maximum absolute atomic E-state index is 11.3. The number of hydrogen-bond acceptors (Lipinski definition) is 5. The minimum Gasteiger partial charge on any atom is -0.464 e. The van der Waals surface area contributed by atoms with Crippen molar-refractivity contribution in [1.29, 1.82) is 0 Å². The van der Waals surface area contributed by atoms with Gasteiger partial charge in [0, 0.05) is 34.7 Å². The van der Waals surface area contributed by atoms with Crippen molar-refractivity contribution in [2.24, 2.45) is 5.10 Å². The van der Waals surface area contributed by atoms with Crippen molar-refractivity contribution >= 4 is 23.0 Å². The molecule has 2 heterocycles. The summed E-state index contributed by atoms with van der Waals surface area (Å²) < 4.78 is 6.24. The van der Waals surface area contributed by atoms with Gasteiger partial charge < -0.3 is 4.74 Å². The lowest BCUT2D eigenvalue weighted by Crippen LogP contribution is -2.33. The number of halogens is 1. The van der Waals surface area contributed by atoms with Crippen LogP contribution in [0.1, 0.15) is 35.4 Å². The Morgan fingerprint density at radius 1 is 1.07 bits per heavy atom. The van der Waals surface area contributed by atoms with Crippen LogP contribution in [0.4, 0.5) is 5.69 Å². The third-order valence-electron chi connectivity index (χ3n) is 5.23. The normalized spacial score (nSPS) is 19.8. The number of nitro groups is 1. The summed E-state index contributed by atoms with van der Waals surface area (Å²) in [5.41, 5.74) is 3.64. The van der Waals surface area contributed by atoms with Gasteiger partial charge >= 0.3 is 0 Å². The second-order valence-electron chi connectivity index (χ2n) is 7.02. The van der Waals surface area contributed by atoms with Gasteiger partial charge in [-0.2, -0.15) is 5.10 Å². The molecule has 2 aliphatic heterocycles. The number of nitrogens with zero attached hydrogens (tertiary/aromatic N) is 3. The molecular formula is C22H16ClN3O3. The number of nitro benzene ring substituents is 1. The molecule has 7 heteroatoms. The molecule has 0 aromatic heterocycles. The standard InChI is InChI=1S/C22H16ClN3O3/c23-16-8-4-7-15(11-16)22-25-20(13-19(24-25)14-5-2-1-3-6-14)18-12-17(26(27)28)9-10-21(18)29-22/h1-12,20,22H,13H2/t20-,22-/m1/s1. The van der Waals surface area contributed by atoms with Crippen molar-refractivity contribution in [2.45, 2.75) is 18.7 Å². The van der Waals surface area contributed by atoms with E-state index in [1.165, 1.54) is 6.07 Å². The summed E-state index contributed by atoms with van der Waals surface area (Å²) in [4.78, 5) is 10.9. The van der Waals surface area contributed by atoms with Crippen molar-refractivity contribution < 1.29 is 9.66 Å². The molecule has 6 nitrogen and oxygen atoms in total. The van der Waals surface area contributed by atoms with Crippen LogP contribution in [-0.2, 0) is 0 Å². The van der Waals surface area contributed by atoms with Crippen LogP contribution in [-0.4, -0.2) is 15.6 Å². The molecule has 0 saturated heterocycles. The zero-order valence-electron chi connectivity index (χ0n) is 15.2. The molecule has 0 bridgehead atoms. The van der Waals surface area contributed by atoms with Crippen molar-refractivity contribution in [1.82, 2.24) is 5.01 Å². The molecule has 5 rings (SSSR count). The molecule has 0 spiro atoms. The van der Waals surface area contributed by atoms with Crippen molar-refractivity contribution in [3.05, 3.63) is 105 Å². The second-order valence-corrected chi connectivity index (χ2v) is 7.45. The number of hydrogen-bond donors (Lipinski definition) is 0. The molecule has 3 aromatic rings. The van der Waals surface area contributed by atoms with Gasteiger partial charge in [-0.05, 0) is 23.8 Å². The Bertz CT molecular complexity index is 1130. The highest BCUT2D eigenvalue weighted by Crippen LogP contribution is 2.48. The lowest BCUT2D eigenvalue weighted by atomic mass is 9.95. The summed E-state index contributed by atoms with van der Waals surface area (Å²) in [6, 6.07) is 22.0. The number of hydrazone groups is 1. The molecular weight excluding hydrogens is 390 g/mol. The van der Waals surface area contributed by atoms with Crippen LogP contribution in [0.15, 0.2) is 77.9 Å². The number of rotatable bonds is 3. The topological polar surface area (TPSA) is 68.0 Å². The average molecular weight is 406 g/mol. The molecule has 2 atom stereocenters. The van der Waals surface area contributed by atoms with Crippen molar-refractivity contribution in [3.63, 3.8) is 0 Å². The molecule has 29 heavy (non-hydrogen) atoms. The fraction of sp³-hybridized carbons (Fsp3) is 0.136. The first-order valence-electron chi connectivity index (χ1n) is 9.22. The third kappa shape index (κ3) is 3.11. The molecule has 144 valence electrons. The number of benzene rings is 3. The van der Waals surface area contributed by atoms with Crippen LogP contribution in [0.3, 0.4) is 0 Å². The highest BCUT2D eigenvalue weighted by Gasteiger charge is 2.41. The van der Waals surface area contributed by atoms with Crippen LogP contribution in [0.2, 0.25) is 5.02 Å². The summed E-state index contributed by atoms with van der Waals surface area (Å²) in [5, 5.41) is 18.7. The van der Waals surface area contributed by atoms with E-state index in [0.717, 1.165) is 22.4 Å². The van der Waals surface area contributed by atoms with Gasteiger partial charge in [0.1, 0.15) is 5.75 Å². The predicted molar refractivity (Wildman–Crippen MR) is 110 cm³/mol. The lowest BCUT2D eigenvalue weighted by Gasteiger charge is -2.38. The molecule has 0 saturated carbocycles. The number of ether oxygens (including phenoxy) is 1. The first-order chi connectivity index (χ1) is 14.1. The third-order valence-corrected chi connectivity index (χ3v) is 5.46. The smallest absolute Gasteiger partial charge is 0.270 e.